The lowest BCUT2D eigenvalue weighted by Crippen LogP contribution is -2.07. The Hall–Kier alpha value is -2.37. The Kier molecular flexibility index (Phi) is 2.13. The highest BCUT2D eigenvalue weighted by atomic mass is 15.3. The minimum Gasteiger partial charge on any atom is -0.382 e. The van der Waals surface area contributed by atoms with Crippen molar-refractivity contribution in [2.24, 2.45) is 0 Å². The lowest BCUT2D eigenvalue weighted by molar-refractivity contribution is 0.829. The molecule has 0 aromatic carbocycles. The maximum atomic E-state index is 5.87. The molecule has 0 saturated heterocycles. The Morgan fingerprint density at radius 2 is 1.94 bits per heavy atom. The van der Waals surface area contributed by atoms with Gasteiger partial charge in [-0.15, -0.1) is 0 Å². The molecule has 3 aromatic rings. The highest BCUT2D eigenvalue weighted by Crippen LogP contribution is 2.26. The van der Waals surface area contributed by atoms with E-state index >= 15 is 0 Å². The zero-order chi connectivity index (χ0) is 12.9. The van der Waals surface area contributed by atoms with Crippen LogP contribution >= 0.6 is 0 Å². The molecule has 0 spiro atoms. The predicted molar refractivity (Wildman–Crippen MR) is 71.5 cm³/mol. The van der Waals surface area contributed by atoms with Gasteiger partial charge < -0.3 is 11.6 Å². The average Bonchev–Trinajstić information content (AvgIpc) is 2.72. The van der Waals surface area contributed by atoms with E-state index in [1.807, 2.05) is 12.1 Å². The molecule has 3 aromatic heterocycles. The van der Waals surface area contributed by atoms with Crippen LogP contribution in [0.3, 0.4) is 0 Å². The van der Waals surface area contributed by atoms with Crippen molar-refractivity contribution < 1.29 is 0 Å². The Morgan fingerprint density at radius 3 is 2.67 bits per heavy atom. The monoisotopic (exact) mass is 242 g/mol. The van der Waals surface area contributed by atoms with E-state index in [1.165, 1.54) is 11.0 Å². The lowest BCUT2D eigenvalue weighted by atomic mass is 10.1. The summed E-state index contributed by atoms with van der Waals surface area (Å²) in [5.41, 5.74) is 9.65. The van der Waals surface area contributed by atoms with E-state index in [1.54, 1.807) is 0 Å². The third-order valence-electron chi connectivity index (χ3n) is 2.99. The van der Waals surface area contributed by atoms with Gasteiger partial charge in [0.15, 0.2) is 5.82 Å². The van der Waals surface area contributed by atoms with Crippen molar-refractivity contribution in [3.05, 3.63) is 24.2 Å². The Morgan fingerprint density at radius 1 is 1.17 bits per heavy atom. The van der Waals surface area contributed by atoms with Crippen LogP contribution in [0.5, 0.6) is 0 Å². The smallest absolute Gasteiger partial charge is 0.152 e. The average molecular weight is 242 g/mol. The fourth-order valence-electron chi connectivity index (χ4n) is 2.02. The number of aromatic nitrogens is 4. The highest BCUT2D eigenvalue weighted by Gasteiger charge is 2.13. The van der Waals surface area contributed by atoms with Crippen LogP contribution in [0, 0.1) is 0 Å². The van der Waals surface area contributed by atoms with Gasteiger partial charge in [-0.1, -0.05) is 13.8 Å². The summed E-state index contributed by atoms with van der Waals surface area (Å²) in [6.07, 6.45) is 1.52. The molecule has 0 fully saturated rings. The molecule has 0 radical (unpaired) electrons. The van der Waals surface area contributed by atoms with Gasteiger partial charge in [-0.2, -0.15) is 0 Å². The maximum Gasteiger partial charge on any atom is 0.152 e. The van der Waals surface area contributed by atoms with E-state index in [9.17, 15) is 0 Å². The number of imidazole rings is 1. The van der Waals surface area contributed by atoms with Gasteiger partial charge in [0.2, 0.25) is 0 Å². The van der Waals surface area contributed by atoms with Crippen molar-refractivity contribution in [1.82, 2.24) is 19.6 Å². The normalized spacial score (nSPS) is 11.7. The summed E-state index contributed by atoms with van der Waals surface area (Å²) in [5, 5.41) is 0. The molecule has 6 heteroatoms. The SMILES string of the molecule is CC(C)c1ccc2nc(N)c3ncn(N)c3c2n1. The van der Waals surface area contributed by atoms with Crippen LogP contribution in [-0.2, 0) is 0 Å². The number of pyridine rings is 2. The summed E-state index contributed by atoms with van der Waals surface area (Å²) in [6, 6.07) is 3.88. The lowest BCUT2D eigenvalue weighted by Gasteiger charge is -2.07. The van der Waals surface area contributed by atoms with Crippen LogP contribution in [0.4, 0.5) is 5.82 Å². The number of rotatable bonds is 1. The van der Waals surface area contributed by atoms with Gasteiger partial charge in [0, 0.05) is 5.69 Å². The molecule has 92 valence electrons. The molecule has 0 unspecified atom stereocenters. The number of fused-ring (bicyclic) bond motifs is 3. The van der Waals surface area contributed by atoms with Crippen molar-refractivity contribution >= 4 is 27.9 Å². The van der Waals surface area contributed by atoms with Crippen LogP contribution in [-0.4, -0.2) is 19.6 Å². The molecule has 0 bridgehead atoms. The molecule has 0 atom stereocenters. The third-order valence-corrected chi connectivity index (χ3v) is 2.99. The van der Waals surface area contributed by atoms with E-state index in [4.69, 9.17) is 11.6 Å². The first-order valence-corrected chi connectivity index (χ1v) is 5.76. The minimum atomic E-state index is 0.344. The first-order chi connectivity index (χ1) is 8.58. The Labute approximate surface area is 104 Å². The Bertz CT molecular complexity index is 743. The van der Waals surface area contributed by atoms with Crippen LogP contribution < -0.4 is 11.6 Å². The van der Waals surface area contributed by atoms with Crippen molar-refractivity contribution in [3.63, 3.8) is 0 Å². The van der Waals surface area contributed by atoms with Gasteiger partial charge in [0.25, 0.3) is 0 Å². The highest BCUT2D eigenvalue weighted by molar-refractivity contribution is 6.04. The molecule has 3 rings (SSSR count). The zero-order valence-corrected chi connectivity index (χ0v) is 10.3. The number of hydrogen-bond donors (Lipinski definition) is 2. The van der Waals surface area contributed by atoms with Crippen molar-refractivity contribution in [1.29, 1.82) is 0 Å². The largest absolute Gasteiger partial charge is 0.382 e. The summed E-state index contributed by atoms with van der Waals surface area (Å²) in [5.74, 6) is 6.59. The molecule has 18 heavy (non-hydrogen) atoms. The summed E-state index contributed by atoms with van der Waals surface area (Å²) in [6.45, 7) is 4.19. The van der Waals surface area contributed by atoms with Gasteiger partial charge >= 0.3 is 0 Å². The molecule has 6 nitrogen and oxygen atoms in total. The van der Waals surface area contributed by atoms with Crippen LogP contribution in [0.2, 0.25) is 0 Å². The molecule has 0 aliphatic carbocycles. The second kappa shape index (κ2) is 3.56. The first kappa shape index (κ1) is 10.8. The number of nitrogens with zero attached hydrogens (tertiary/aromatic N) is 4. The van der Waals surface area contributed by atoms with E-state index < -0.39 is 0 Å². The van der Waals surface area contributed by atoms with Crippen molar-refractivity contribution in [3.8, 4) is 0 Å². The van der Waals surface area contributed by atoms with Gasteiger partial charge in [0.1, 0.15) is 22.9 Å². The molecule has 4 N–H and O–H groups in total. The molecular weight excluding hydrogens is 228 g/mol. The second-order valence-corrected chi connectivity index (χ2v) is 4.60. The maximum absolute atomic E-state index is 5.87. The van der Waals surface area contributed by atoms with E-state index in [-0.39, 0.29) is 0 Å². The molecular formula is C12H14N6. The first-order valence-electron chi connectivity index (χ1n) is 5.76. The number of nitrogen functional groups attached to an aromatic ring is 2. The fourth-order valence-corrected chi connectivity index (χ4v) is 2.02. The molecule has 0 aliphatic heterocycles. The summed E-state index contributed by atoms with van der Waals surface area (Å²) in [7, 11) is 0. The number of hydrogen-bond acceptors (Lipinski definition) is 5. The molecule has 3 heterocycles. The fraction of sp³-hybridized carbons (Fsp3) is 0.250. The number of anilines is 1. The third kappa shape index (κ3) is 1.38. The minimum absolute atomic E-state index is 0.344. The van der Waals surface area contributed by atoms with Crippen molar-refractivity contribution in [2.75, 3.05) is 11.6 Å². The van der Waals surface area contributed by atoms with Gasteiger partial charge in [0.05, 0.1) is 5.52 Å². The van der Waals surface area contributed by atoms with Crippen molar-refractivity contribution in [2.45, 2.75) is 19.8 Å². The zero-order valence-electron chi connectivity index (χ0n) is 10.3. The predicted octanol–water partition coefficient (Wildman–Crippen LogP) is 1.40. The summed E-state index contributed by atoms with van der Waals surface area (Å²) < 4.78 is 1.44. The van der Waals surface area contributed by atoms with Crippen LogP contribution in [0.25, 0.3) is 22.1 Å². The topological polar surface area (TPSA) is 95.6 Å². The van der Waals surface area contributed by atoms with E-state index in [2.05, 4.69) is 28.8 Å². The summed E-state index contributed by atoms with van der Waals surface area (Å²) >= 11 is 0. The standard InChI is InChI=1S/C12H14N6/c1-6(2)7-3-4-8-9(16-7)11-10(12(13)17-8)15-5-18(11)14/h3-6H,14H2,1-2H3,(H2,13,17). The number of nitrogens with two attached hydrogens (primary N) is 2. The van der Waals surface area contributed by atoms with E-state index in [0.29, 0.717) is 17.3 Å². The van der Waals surface area contributed by atoms with Crippen LogP contribution in [0.1, 0.15) is 25.5 Å². The molecule has 0 aliphatic rings. The van der Waals surface area contributed by atoms with E-state index in [0.717, 1.165) is 22.2 Å². The molecule has 0 amide bonds. The van der Waals surface area contributed by atoms with Crippen LogP contribution in [0.15, 0.2) is 18.5 Å². The summed E-state index contributed by atoms with van der Waals surface area (Å²) in [4.78, 5) is 13.1. The van der Waals surface area contributed by atoms with Gasteiger partial charge in [-0.05, 0) is 18.1 Å². The quantitative estimate of drug-likeness (QED) is 0.629. The van der Waals surface area contributed by atoms with Gasteiger partial charge in [-0.25, -0.2) is 19.6 Å². The second-order valence-electron chi connectivity index (χ2n) is 4.60. The van der Waals surface area contributed by atoms with Gasteiger partial charge in [-0.3, -0.25) is 0 Å². The Balaban J connectivity index is 2.49. The molecule has 0 saturated carbocycles.